The number of carboxylic acid groups (broad SMARTS) is 1. The maximum absolute atomic E-state index is 11.2. The first kappa shape index (κ1) is 14.5. The van der Waals surface area contributed by atoms with Crippen LogP contribution in [-0.2, 0) is 22.0 Å². The van der Waals surface area contributed by atoms with Crippen molar-refractivity contribution in [2.75, 3.05) is 18.1 Å². The lowest BCUT2D eigenvalue weighted by molar-refractivity contribution is -0.138. The van der Waals surface area contributed by atoms with Crippen molar-refractivity contribution >= 4 is 33.2 Å². The van der Waals surface area contributed by atoms with Crippen molar-refractivity contribution in [3.8, 4) is 0 Å². The van der Waals surface area contributed by atoms with E-state index < -0.39 is 22.7 Å². The molecule has 0 fully saturated rings. The van der Waals surface area contributed by atoms with Crippen LogP contribution < -0.4 is 5.32 Å². The summed E-state index contributed by atoms with van der Waals surface area (Å²) in [7, 11) is -0.804. The second-order valence-electron chi connectivity index (χ2n) is 4.78. The van der Waals surface area contributed by atoms with Gasteiger partial charge < -0.3 is 10.4 Å². The van der Waals surface area contributed by atoms with E-state index in [1.807, 2.05) is 6.92 Å². The van der Waals surface area contributed by atoms with E-state index in [0.717, 1.165) is 28.5 Å². The quantitative estimate of drug-likeness (QED) is 0.838. The molecule has 0 saturated heterocycles. The van der Waals surface area contributed by atoms with Crippen LogP contribution in [0.15, 0.2) is 0 Å². The number of aryl methyl sites for hydroxylation is 1. The summed E-state index contributed by atoms with van der Waals surface area (Å²) in [5, 5.41) is 13.2. The van der Waals surface area contributed by atoms with Crippen LogP contribution in [0.4, 0.5) is 5.13 Å². The molecule has 0 radical (unpaired) electrons. The smallest absolute Gasteiger partial charge is 0.312 e. The van der Waals surface area contributed by atoms with E-state index in [4.69, 9.17) is 5.11 Å². The predicted molar refractivity (Wildman–Crippen MR) is 77.4 cm³/mol. The summed E-state index contributed by atoms with van der Waals surface area (Å²) >= 11 is 1.54. The van der Waals surface area contributed by atoms with E-state index in [1.165, 1.54) is 0 Å². The summed E-state index contributed by atoms with van der Waals surface area (Å²) in [5.74, 6) is -1.23. The molecule has 1 aliphatic carbocycles. The molecule has 0 aliphatic heterocycles. The third-order valence-electron chi connectivity index (χ3n) is 3.41. The lowest BCUT2D eigenvalue weighted by Crippen LogP contribution is -2.15. The summed E-state index contributed by atoms with van der Waals surface area (Å²) in [6.45, 7) is 2.67. The average molecular weight is 302 g/mol. The Morgan fingerprint density at radius 1 is 1.68 bits per heavy atom. The van der Waals surface area contributed by atoms with Crippen molar-refractivity contribution < 1.29 is 14.1 Å². The molecule has 1 aromatic rings. The van der Waals surface area contributed by atoms with Gasteiger partial charge in [-0.15, -0.1) is 11.3 Å². The van der Waals surface area contributed by atoms with E-state index in [9.17, 15) is 9.00 Å². The van der Waals surface area contributed by atoms with Crippen LogP contribution in [0.2, 0.25) is 0 Å². The first-order valence-corrected chi connectivity index (χ1v) is 8.71. The van der Waals surface area contributed by atoms with Crippen LogP contribution in [0.5, 0.6) is 0 Å². The summed E-state index contributed by atoms with van der Waals surface area (Å²) in [6, 6.07) is 0. The van der Waals surface area contributed by atoms with Crippen LogP contribution in [0, 0.1) is 0 Å². The van der Waals surface area contributed by atoms with Crippen molar-refractivity contribution in [1.82, 2.24) is 4.98 Å². The van der Waals surface area contributed by atoms with Crippen molar-refractivity contribution in [3.05, 3.63) is 10.6 Å². The van der Waals surface area contributed by atoms with Gasteiger partial charge in [0, 0.05) is 33.7 Å². The fraction of sp³-hybridized carbons (Fsp3) is 0.667. The number of hydrogen-bond donors (Lipinski definition) is 2. The molecule has 5 nitrogen and oxygen atoms in total. The lowest BCUT2D eigenvalue weighted by Gasteiger charge is -2.08. The molecule has 0 aromatic carbocycles. The molecule has 3 atom stereocenters. The highest BCUT2D eigenvalue weighted by molar-refractivity contribution is 7.84. The van der Waals surface area contributed by atoms with E-state index in [2.05, 4.69) is 10.3 Å². The normalized spacial score (nSPS) is 20.8. The van der Waals surface area contributed by atoms with E-state index in [1.54, 1.807) is 17.6 Å². The zero-order chi connectivity index (χ0) is 14.0. The molecule has 106 valence electrons. The van der Waals surface area contributed by atoms with Gasteiger partial charge in [-0.05, 0) is 19.3 Å². The number of hydrogen-bond acceptors (Lipinski definition) is 5. The Balaban J connectivity index is 1.92. The van der Waals surface area contributed by atoms with Gasteiger partial charge in [0.15, 0.2) is 5.13 Å². The number of aliphatic carboxylic acids is 1. The average Bonchev–Trinajstić information content (AvgIpc) is 2.87. The Labute approximate surface area is 118 Å². The number of fused-ring (bicyclic) bond motifs is 1. The fourth-order valence-electron chi connectivity index (χ4n) is 2.09. The molecule has 19 heavy (non-hydrogen) atoms. The van der Waals surface area contributed by atoms with Crippen molar-refractivity contribution in [3.63, 3.8) is 0 Å². The lowest BCUT2D eigenvalue weighted by atomic mass is 10.1. The number of thiazole rings is 1. The Kier molecular flexibility index (Phi) is 4.57. The molecule has 0 saturated carbocycles. The van der Waals surface area contributed by atoms with E-state index in [0.29, 0.717) is 13.0 Å². The van der Waals surface area contributed by atoms with Gasteiger partial charge in [0.1, 0.15) is 5.92 Å². The fourth-order valence-corrected chi connectivity index (χ4v) is 3.61. The molecule has 7 heteroatoms. The van der Waals surface area contributed by atoms with Crippen molar-refractivity contribution in [1.29, 1.82) is 0 Å². The minimum atomic E-state index is -0.804. The number of aromatic nitrogens is 1. The second kappa shape index (κ2) is 6.00. The molecular weight excluding hydrogens is 284 g/mol. The van der Waals surface area contributed by atoms with Gasteiger partial charge in [-0.25, -0.2) is 4.98 Å². The van der Waals surface area contributed by atoms with Gasteiger partial charge in [-0.2, -0.15) is 0 Å². The summed E-state index contributed by atoms with van der Waals surface area (Å²) in [5.41, 5.74) is 0.729. The standard InChI is InChI=1S/C12H18N2O3S2/c1-7(19(2)17)5-6-13-12-14-10-8(11(15)16)3-4-9(10)18-12/h7-8H,3-6H2,1-2H3,(H,13,14)(H,15,16). The molecule has 2 N–H and O–H groups in total. The number of nitrogens with zero attached hydrogens (tertiary/aromatic N) is 1. The number of carbonyl (C=O) groups is 1. The summed E-state index contributed by atoms with van der Waals surface area (Å²) in [4.78, 5) is 16.5. The van der Waals surface area contributed by atoms with Crippen LogP contribution >= 0.6 is 11.3 Å². The van der Waals surface area contributed by atoms with Gasteiger partial charge in [-0.1, -0.05) is 6.92 Å². The Bertz CT molecular complexity index is 501. The second-order valence-corrected chi connectivity index (χ2v) is 7.67. The highest BCUT2D eigenvalue weighted by atomic mass is 32.2. The Morgan fingerprint density at radius 3 is 3.05 bits per heavy atom. The third kappa shape index (κ3) is 3.33. The zero-order valence-electron chi connectivity index (χ0n) is 11.0. The maximum atomic E-state index is 11.2. The predicted octanol–water partition coefficient (Wildman–Crippen LogP) is 1.83. The van der Waals surface area contributed by atoms with E-state index >= 15 is 0 Å². The van der Waals surface area contributed by atoms with Crippen LogP contribution in [0.1, 0.15) is 36.3 Å². The number of anilines is 1. The van der Waals surface area contributed by atoms with Gasteiger partial charge >= 0.3 is 5.97 Å². The highest BCUT2D eigenvalue weighted by Crippen LogP contribution is 2.38. The van der Waals surface area contributed by atoms with Crippen molar-refractivity contribution in [2.24, 2.45) is 0 Å². The van der Waals surface area contributed by atoms with Crippen molar-refractivity contribution in [2.45, 2.75) is 37.4 Å². The minimum Gasteiger partial charge on any atom is -0.481 e. The monoisotopic (exact) mass is 302 g/mol. The molecule has 1 aliphatic rings. The van der Waals surface area contributed by atoms with Crippen LogP contribution in [0.25, 0.3) is 0 Å². The number of carboxylic acids is 1. The molecule has 3 unspecified atom stereocenters. The molecule has 2 rings (SSSR count). The molecule has 0 bridgehead atoms. The summed E-state index contributed by atoms with van der Waals surface area (Å²) < 4.78 is 11.2. The Hall–Kier alpha value is -0.950. The largest absolute Gasteiger partial charge is 0.481 e. The van der Waals surface area contributed by atoms with Gasteiger partial charge in [0.2, 0.25) is 0 Å². The number of rotatable bonds is 6. The van der Waals surface area contributed by atoms with Crippen LogP contribution in [-0.4, -0.2) is 38.3 Å². The third-order valence-corrected chi connectivity index (χ3v) is 5.87. The molecule has 1 aromatic heterocycles. The SMILES string of the molecule is CC(CCNc1nc2c(s1)CCC2C(=O)O)S(C)=O. The molecule has 0 spiro atoms. The molecule has 1 heterocycles. The van der Waals surface area contributed by atoms with Crippen LogP contribution in [0.3, 0.4) is 0 Å². The zero-order valence-corrected chi connectivity index (χ0v) is 12.6. The maximum Gasteiger partial charge on any atom is 0.312 e. The molecule has 0 amide bonds. The number of nitrogens with one attached hydrogen (secondary N) is 1. The highest BCUT2D eigenvalue weighted by Gasteiger charge is 2.32. The molecular formula is C12H18N2O3S2. The topological polar surface area (TPSA) is 79.3 Å². The van der Waals surface area contributed by atoms with Gasteiger partial charge in [0.05, 0.1) is 5.69 Å². The Morgan fingerprint density at radius 2 is 2.42 bits per heavy atom. The summed E-state index contributed by atoms with van der Waals surface area (Å²) in [6.07, 6.45) is 3.99. The minimum absolute atomic E-state index is 0.158. The van der Waals surface area contributed by atoms with Gasteiger partial charge in [-0.3, -0.25) is 9.00 Å². The first-order chi connectivity index (χ1) is 8.99. The first-order valence-electron chi connectivity index (χ1n) is 6.27. The van der Waals surface area contributed by atoms with E-state index in [-0.39, 0.29) is 5.25 Å². The van der Waals surface area contributed by atoms with Gasteiger partial charge in [0.25, 0.3) is 0 Å².